The number of hydrogen-bond acceptors (Lipinski definition) is 4. The number of nitriles is 1. The van der Waals surface area contributed by atoms with Crippen LogP contribution in [-0.4, -0.2) is 52.4 Å². The van der Waals surface area contributed by atoms with Gasteiger partial charge in [-0.15, -0.1) is 12.4 Å². The van der Waals surface area contributed by atoms with Crippen molar-refractivity contribution in [2.24, 2.45) is 11.8 Å². The third-order valence-corrected chi connectivity index (χ3v) is 6.36. The zero-order chi connectivity index (χ0) is 16.2. The van der Waals surface area contributed by atoms with Crippen LogP contribution in [0.15, 0.2) is 0 Å². The Hall–Kier alpha value is -0.900. The number of nitrogens with zero attached hydrogens (tertiary/aromatic N) is 2. The van der Waals surface area contributed by atoms with Crippen LogP contribution in [-0.2, 0) is 4.79 Å². The molecule has 0 aromatic rings. The minimum atomic E-state index is -1.09. The number of hydrogen-bond donors (Lipinski definition) is 2. The topological polar surface area (TPSA) is 76.4 Å². The molecule has 5 aliphatic rings. The quantitative estimate of drug-likeness (QED) is 0.803. The van der Waals surface area contributed by atoms with Crippen molar-refractivity contribution in [2.75, 3.05) is 13.1 Å². The molecule has 4 saturated carbocycles. The second-order valence-corrected chi connectivity index (χ2v) is 8.34. The average Bonchev–Trinajstić information content (AvgIpc) is 2.83. The minimum absolute atomic E-state index is 0. The Morgan fingerprint density at radius 2 is 1.96 bits per heavy atom. The van der Waals surface area contributed by atoms with E-state index in [0.717, 1.165) is 25.7 Å². The van der Waals surface area contributed by atoms with Gasteiger partial charge in [0, 0.05) is 12.0 Å². The van der Waals surface area contributed by atoms with E-state index in [2.05, 4.69) is 5.32 Å². The molecular weight excluding hydrogens is 333 g/mol. The lowest BCUT2D eigenvalue weighted by molar-refractivity contribution is -0.147. The van der Waals surface area contributed by atoms with Crippen LogP contribution in [0.4, 0.5) is 4.39 Å². The Balaban J connectivity index is 0.00000169. The van der Waals surface area contributed by atoms with Gasteiger partial charge in [-0.2, -0.15) is 5.26 Å². The van der Waals surface area contributed by atoms with Crippen LogP contribution in [0.5, 0.6) is 0 Å². The maximum Gasteiger partial charge on any atom is 0.237 e. The van der Waals surface area contributed by atoms with E-state index in [1.807, 2.05) is 6.07 Å². The molecule has 1 amide bonds. The molecule has 2 N–H and O–H groups in total. The Labute approximate surface area is 148 Å². The normalized spacial score (nSPS) is 45.8. The van der Waals surface area contributed by atoms with Gasteiger partial charge in [0.15, 0.2) is 0 Å². The highest BCUT2D eigenvalue weighted by atomic mass is 35.5. The molecule has 5 rings (SSSR count). The summed E-state index contributed by atoms with van der Waals surface area (Å²) in [5.41, 5.74) is -0.710. The molecule has 4 bridgehead atoms. The van der Waals surface area contributed by atoms with Crippen molar-refractivity contribution >= 4 is 18.3 Å². The summed E-state index contributed by atoms with van der Waals surface area (Å²) >= 11 is 0. The van der Waals surface area contributed by atoms with Gasteiger partial charge in [-0.25, -0.2) is 4.39 Å². The smallest absolute Gasteiger partial charge is 0.237 e. The van der Waals surface area contributed by atoms with Gasteiger partial charge in [0.05, 0.1) is 24.8 Å². The summed E-state index contributed by atoms with van der Waals surface area (Å²) in [4.78, 5) is 13.8. The molecule has 7 heteroatoms. The number of alkyl halides is 1. The first-order valence-electron chi connectivity index (χ1n) is 8.71. The first kappa shape index (κ1) is 17.9. The molecule has 4 atom stereocenters. The van der Waals surface area contributed by atoms with E-state index in [1.54, 1.807) is 0 Å². The summed E-state index contributed by atoms with van der Waals surface area (Å²) in [6, 6.07) is 1.38. The summed E-state index contributed by atoms with van der Waals surface area (Å²) in [5.74, 6) is 0.912. The fraction of sp³-hybridized carbons (Fsp3) is 0.882. The Bertz CT molecular complexity index is 553. The molecule has 0 spiro atoms. The Morgan fingerprint density at radius 3 is 2.54 bits per heavy atom. The first-order valence-corrected chi connectivity index (χ1v) is 8.71. The predicted molar refractivity (Wildman–Crippen MR) is 88.2 cm³/mol. The van der Waals surface area contributed by atoms with E-state index in [4.69, 9.17) is 5.26 Å². The van der Waals surface area contributed by atoms with Crippen LogP contribution in [0, 0.1) is 23.2 Å². The minimum Gasteiger partial charge on any atom is -0.390 e. The molecular formula is C17H25ClFN3O2. The van der Waals surface area contributed by atoms with Crippen molar-refractivity contribution in [1.82, 2.24) is 10.2 Å². The molecule has 0 aromatic carbocycles. The lowest BCUT2D eigenvalue weighted by Crippen LogP contribution is -2.65. The Kier molecular flexibility index (Phi) is 4.57. The number of likely N-dealkylation sites (tertiary alicyclic amines) is 1. The van der Waals surface area contributed by atoms with Gasteiger partial charge < -0.3 is 15.3 Å². The van der Waals surface area contributed by atoms with E-state index in [9.17, 15) is 14.3 Å². The highest BCUT2D eigenvalue weighted by molar-refractivity contribution is 5.85. The molecule has 0 radical (unpaired) electrons. The molecule has 134 valence electrons. The number of rotatable bonds is 3. The van der Waals surface area contributed by atoms with E-state index >= 15 is 0 Å². The van der Waals surface area contributed by atoms with Crippen molar-refractivity contribution in [3.05, 3.63) is 0 Å². The molecule has 24 heavy (non-hydrogen) atoms. The second-order valence-electron chi connectivity index (χ2n) is 8.34. The summed E-state index contributed by atoms with van der Waals surface area (Å²) in [6.45, 7) is 0.168. The maximum atomic E-state index is 13.5. The third kappa shape index (κ3) is 3.02. The fourth-order valence-corrected chi connectivity index (χ4v) is 5.97. The van der Waals surface area contributed by atoms with E-state index in [1.165, 1.54) is 11.3 Å². The molecule has 1 aliphatic heterocycles. The summed E-state index contributed by atoms with van der Waals surface area (Å²) in [5, 5.41) is 23.2. The molecule has 1 saturated heterocycles. The third-order valence-electron chi connectivity index (χ3n) is 6.36. The van der Waals surface area contributed by atoms with Crippen molar-refractivity contribution in [1.29, 1.82) is 5.26 Å². The van der Waals surface area contributed by atoms with Crippen LogP contribution >= 0.6 is 12.4 Å². The molecule has 5 nitrogen and oxygen atoms in total. The van der Waals surface area contributed by atoms with Crippen LogP contribution in [0.25, 0.3) is 0 Å². The van der Waals surface area contributed by atoms with Gasteiger partial charge in [-0.3, -0.25) is 4.79 Å². The van der Waals surface area contributed by atoms with Crippen LogP contribution in [0.1, 0.15) is 44.9 Å². The van der Waals surface area contributed by atoms with Gasteiger partial charge in [0.25, 0.3) is 0 Å². The van der Waals surface area contributed by atoms with Crippen molar-refractivity contribution in [3.63, 3.8) is 0 Å². The second kappa shape index (κ2) is 6.12. The van der Waals surface area contributed by atoms with E-state index in [-0.39, 0.29) is 43.4 Å². The van der Waals surface area contributed by atoms with Crippen LogP contribution in [0.3, 0.4) is 0 Å². The summed E-state index contributed by atoms with van der Waals surface area (Å²) < 4.78 is 13.5. The lowest BCUT2D eigenvalue weighted by Gasteiger charge is -2.60. The Morgan fingerprint density at radius 1 is 1.29 bits per heavy atom. The van der Waals surface area contributed by atoms with Gasteiger partial charge in [-0.1, -0.05) is 0 Å². The fourth-order valence-electron chi connectivity index (χ4n) is 5.97. The molecule has 0 aromatic heterocycles. The van der Waals surface area contributed by atoms with Crippen LogP contribution in [0.2, 0.25) is 0 Å². The van der Waals surface area contributed by atoms with E-state index in [0.29, 0.717) is 18.3 Å². The summed E-state index contributed by atoms with van der Waals surface area (Å²) in [6.07, 6.45) is 4.78. The molecule has 0 unspecified atom stereocenters. The standard InChI is InChI=1S/C17H24FN3O2.ClH/c18-13-2-14(7-19)21(9-13)15(22)8-20-16-3-11-1-12(4-16)6-17(23,5-11)10-16;/h11-14,20,23H,1-6,8-10H2;1H/t11-,12-,13-,14-,16?,17?;/m0./s1. The predicted octanol–water partition coefficient (Wildman–Crippen LogP) is 1.54. The number of amides is 1. The monoisotopic (exact) mass is 357 g/mol. The molecule has 5 fully saturated rings. The number of carbonyl (C=O) groups is 1. The number of aliphatic hydroxyl groups is 1. The van der Waals surface area contributed by atoms with Crippen molar-refractivity contribution in [3.8, 4) is 6.07 Å². The average molecular weight is 358 g/mol. The highest BCUT2D eigenvalue weighted by Gasteiger charge is 2.57. The van der Waals surface area contributed by atoms with E-state index < -0.39 is 17.8 Å². The SMILES string of the molecule is Cl.N#C[C@@H]1C[C@H](F)CN1C(=O)CNC12C[C@@H]3C[C@H](CC(O)(C3)C1)C2. The number of halogens is 2. The maximum absolute atomic E-state index is 13.5. The number of nitrogens with one attached hydrogen (secondary N) is 1. The molecule has 4 aliphatic carbocycles. The zero-order valence-electron chi connectivity index (χ0n) is 13.7. The van der Waals surface area contributed by atoms with Gasteiger partial charge in [0.1, 0.15) is 12.2 Å². The zero-order valence-corrected chi connectivity index (χ0v) is 14.5. The number of carbonyl (C=O) groups excluding carboxylic acids is 1. The summed E-state index contributed by atoms with van der Waals surface area (Å²) in [7, 11) is 0. The molecule has 1 heterocycles. The first-order chi connectivity index (χ1) is 10.9. The van der Waals surface area contributed by atoms with Crippen molar-refractivity contribution < 1.29 is 14.3 Å². The van der Waals surface area contributed by atoms with Crippen LogP contribution < -0.4 is 5.32 Å². The highest BCUT2D eigenvalue weighted by Crippen LogP contribution is 2.57. The van der Waals surface area contributed by atoms with Gasteiger partial charge in [0.2, 0.25) is 5.91 Å². The van der Waals surface area contributed by atoms with Gasteiger partial charge >= 0.3 is 0 Å². The lowest BCUT2D eigenvalue weighted by atomic mass is 9.51. The largest absolute Gasteiger partial charge is 0.390 e. The van der Waals surface area contributed by atoms with Crippen molar-refractivity contribution in [2.45, 2.75) is 68.3 Å². The van der Waals surface area contributed by atoms with Gasteiger partial charge in [-0.05, 0) is 50.4 Å².